The fourth-order valence-electron chi connectivity index (χ4n) is 7.44. The molecule has 2 unspecified atom stereocenters. The van der Waals surface area contributed by atoms with Crippen molar-refractivity contribution in [2.75, 3.05) is 13.1 Å². The van der Waals surface area contributed by atoms with Crippen molar-refractivity contribution in [1.82, 2.24) is 9.80 Å². The Kier molecular flexibility index (Phi) is 17.6. The summed E-state index contributed by atoms with van der Waals surface area (Å²) < 4.78 is 0. The summed E-state index contributed by atoms with van der Waals surface area (Å²) >= 11 is 0. The lowest BCUT2D eigenvalue weighted by molar-refractivity contribution is -0.00378. The quantitative estimate of drug-likeness (QED) is 0.107. The Morgan fingerprint density at radius 1 is 0.488 bits per heavy atom. The number of unbranched alkanes of at least 4 members (excludes halogenated alkanes) is 16. The van der Waals surface area contributed by atoms with Crippen molar-refractivity contribution in [2.24, 2.45) is 0 Å². The monoisotopic (exact) mass is 587 g/mol. The van der Waals surface area contributed by atoms with E-state index in [1.807, 2.05) is 0 Å². The Balaban J connectivity index is 1.67. The molecule has 2 aromatic rings. The highest BCUT2D eigenvalue weighted by molar-refractivity contribution is 5.30. The molecule has 2 heteroatoms. The van der Waals surface area contributed by atoms with Crippen molar-refractivity contribution >= 4 is 0 Å². The summed E-state index contributed by atoms with van der Waals surface area (Å²) in [7, 11) is 0. The molecular formula is C41H66N2. The fraction of sp³-hybridized carbons (Fsp3) is 0.659. The van der Waals surface area contributed by atoms with Gasteiger partial charge in [-0.05, 0) is 30.4 Å². The molecule has 0 spiro atoms. The maximum absolute atomic E-state index is 2.77. The molecule has 0 saturated carbocycles. The predicted molar refractivity (Wildman–Crippen MR) is 189 cm³/mol. The first-order valence-electron chi connectivity index (χ1n) is 18.6. The van der Waals surface area contributed by atoms with E-state index in [1.54, 1.807) is 0 Å². The summed E-state index contributed by atoms with van der Waals surface area (Å²) in [4.78, 5) is 5.54. The van der Waals surface area contributed by atoms with Gasteiger partial charge < -0.3 is 9.80 Å². The van der Waals surface area contributed by atoms with Crippen molar-refractivity contribution in [3.8, 4) is 0 Å². The van der Waals surface area contributed by atoms with E-state index in [-0.39, 0.29) is 5.66 Å². The molecule has 240 valence electrons. The molecule has 0 aliphatic carbocycles. The zero-order valence-electron chi connectivity index (χ0n) is 28.5. The molecule has 0 aromatic heterocycles. The molecule has 0 amide bonds. The maximum atomic E-state index is 2.77. The lowest BCUT2D eigenvalue weighted by Gasteiger charge is -2.51. The minimum atomic E-state index is -0.0569. The van der Waals surface area contributed by atoms with Crippen molar-refractivity contribution in [1.29, 1.82) is 0 Å². The van der Waals surface area contributed by atoms with Gasteiger partial charge in [0.05, 0.1) is 0 Å². The van der Waals surface area contributed by atoms with Crippen LogP contribution in [0.15, 0.2) is 73.1 Å². The van der Waals surface area contributed by atoms with E-state index in [0.29, 0.717) is 5.92 Å². The van der Waals surface area contributed by atoms with E-state index in [9.17, 15) is 0 Å². The average Bonchev–Trinajstić information content (AvgIpc) is 3.37. The van der Waals surface area contributed by atoms with Crippen LogP contribution < -0.4 is 0 Å². The molecule has 1 aliphatic heterocycles. The Morgan fingerprint density at radius 2 is 0.884 bits per heavy atom. The van der Waals surface area contributed by atoms with Crippen LogP contribution in [0.25, 0.3) is 0 Å². The lowest BCUT2D eigenvalue weighted by atomic mass is 9.78. The molecule has 2 aromatic carbocycles. The van der Waals surface area contributed by atoms with Crippen LogP contribution in [0, 0.1) is 0 Å². The van der Waals surface area contributed by atoms with Crippen LogP contribution in [0.4, 0.5) is 0 Å². The molecule has 0 fully saturated rings. The number of hydrogen-bond acceptors (Lipinski definition) is 2. The summed E-state index contributed by atoms with van der Waals surface area (Å²) in [6.45, 7) is 9.33. The first-order valence-corrected chi connectivity index (χ1v) is 18.6. The second-order valence-electron chi connectivity index (χ2n) is 13.3. The molecule has 1 aliphatic rings. The highest BCUT2D eigenvalue weighted by Gasteiger charge is 2.49. The zero-order valence-corrected chi connectivity index (χ0v) is 28.5. The second kappa shape index (κ2) is 21.5. The highest BCUT2D eigenvalue weighted by atomic mass is 15.4. The molecule has 1 heterocycles. The normalized spacial score (nSPS) is 17.2. The van der Waals surface area contributed by atoms with Crippen LogP contribution >= 0.6 is 0 Å². The fourth-order valence-corrected chi connectivity index (χ4v) is 7.44. The van der Waals surface area contributed by atoms with Gasteiger partial charge in [0.15, 0.2) is 0 Å². The lowest BCUT2D eigenvalue weighted by Crippen LogP contribution is -2.59. The second-order valence-corrected chi connectivity index (χ2v) is 13.3. The summed E-state index contributed by atoms with van der Waals surface area (Å²) in [6.07, 6.45) is 32.0. The van der Waals surface area contributed by atoms with Gasteiger partial charge in [0.1, 0.15) is 5.66 Å². The molecule has 2 nitrogen and oxygen atoms in total. The van der Waals surface area contributed by atoms with Gasteiger partial charge in [0, 0.05) is 37.8 Å². The summed E-state index contributed by atoms with van der Waals surface area (Å²) in [6, 6.07) is 22.7. The van der Waals surface area contributed by atoms with E-state index in [0.717, 1.165) is 25.9 Å². The van der Waals surface area contributed by atoms with Gasteiger partial charge in [-0.25, -0.2) is 0 Å². The number of nitrogens with zero attached hydrogens (tertiary/aromatic N) is 2. The minimum Gasteiger partial charge on any atom is -0.353 e. The topological polar surface area (TPSA) is 6.48 Å². The molecular weight excluding hydrogens is 520 g/mol. The zero-order chi connectivity index (χ0) is 30.4. The third-order valence-electron chi connectivity index (χ3n) is 9.90. The number of hydrogen-bond donors (Lipinski definition) is 0. The molecule has 43 heavy (non-hydrogen) atoms. The van der Waals surface area contributed by atoms with Gasteiger partial charge >= 0.3 is 0 Å². The maximum Gasteiger partial charge on any atom is 0.123 e. The van der Waals surface area contributed by atoms with Crippen LogP contribution in [0.3, 0.4) is 0 Å². The largest absolute Gasteiger partial charge is 0.353 e. The van der Waals surface area contributed by atoms with E-state index in [1.165, 1.54) is 127 Å². The molecule has 0 saturated heterocycles. The van der Waals surface area contributed by atoms with Crippen molar-refractivity contribution < 1.29 is 0 Å². The Labute approximate surface area is 267 Å². The highest BCUT2D eigenvalue weighted by Crippen LogP contribution is 2.45. The van der Waals surface area contributed by atoms with Crippen LogP contribution in [0.1, 0.15) is 160 Å². The molecule has 3 rings (SSSR count). The molecule has 0 bridgehead atoms. The Morgan fingerprint density at radius 3 is 1.30 bits per heavy atom. The van der Waals surface area contributed by atoms with Gasteiger partial charge in [0.25, 0.3) is 0 Å². The Bertz CT molecular complexity index is 954. The van der Waals surface area contributed by atoms with Gasteiger partial charge in [-0.15, -0.1) is 0 Å². The third kappa shape index (κ3) is 11.7. The standard InChI is InChI=1S/C41H66N2/c1-4-7-9-11-13-14-15-16-17-18-20-28-34-43-36-35-42(33-27-19-12-10-8-5-2)41(43,37-38-29-23-21-24-30-38)40(6-3)39-31-25-22-26-32-39/h21-26,29-32,35-36,40H,4-20,27-28,33-34,37H2,1-3H3. The van der Waals surface area contributed by atoms with Gasteiger partial charge in [-0.2, -0.15) is 0 Å². The third-order valence-corrected chi connectivity index (χ3v) is 9.90. The first kappa shape index (κ1) is 35.3. The van der Waals surface area contributed by atoms with Gasteiger partial charge in [0.2, 0.25) is 0 Å². The van der Waals surface area contributed by atoms with Crippen molar-refractivity contribution in [3.63, 3.8) is 0 Å². The van der Waals surface area contributed by atoms with Crippen LogP contribution in [0.2, 0.25) is 0 Å². The van der Waals surface area contributed by atoms with E-state index < -0.39 is 0 Å². The SMILES string of the molecule is CCCCCCCCCCCCCCN1C=CN(CCCCCCCC)C1(Cc1ccccc1)C(CC)c1ccccc1. The average molecular weight is 587 g/mol. The molecule has 0 N–H and O–H groups in total. The van der Waals surface area contributed by atoms with Crippen LogP contribution in [-0.2, 0) is 6.42 Å². The van der Waals surface area contributed by atoms with Crippen molar-refractivity contribution in [2.45, 2.75) is 161 Å². The van der Waals surface area contributed by atoms with Gasteiger partial charge in [-0.1, -0.05) is 184 Å². The van der Waals surface area contributed by atoms with E-state index in [2.05, 4.69) is 104 Å². The number of rotatable bonds is 25. The van der Waals surface area contributed by atoms with Crippen LogP contribution in [0.5, 0.6) is 0 Å². The Hall–Kier alpha value is -2.22. The number of benzene rings is 2. The summed E-state index contributed by atoms with van der Waals surface area (Å²) in [5, 5.41) is 0. The summed E-state index contributed by atoms with van der Waals surface area (Å²) in [5.74, 6) is 0.446. The predicted octanol–water partition coefficient (Wildman–Crippen LogP) is 12.3. The molecule has 0 radical (unpaired) electrons. The first-order chi connectivity index (χ1) is 21.3. The van der Waals surface area contributed by atoms with Gasteiger partial charge in [-0.3, -0.25) is 0 Å². The van der Waals surface area contributed by atoms with Crippen molar-refractivity contribution in [3.05, 3.63) is 84.2 Å². The van der Waals surface area contributed by atoms with E-state index >= 15 is 0 Å². The minimum absolute atomic E-state index is 0.0569. The summed E-state index contributed by atoms with van der Waals surface area (Å²) in [5.41, 5.74) is 2.88. The van der Waals surface area contributed by atoms with E-state index in [4.69, 9.17) is 0 Å². The van der Waals surface area contributed by atoms with Crippen LogP contribution in [-0.4, -0.2) is 28.6 Å². The molecule has 2 atom stereocenters. The smallest absolute Gasteiger partial charge is 0.123 e.